The summed E-state index contributed by atoms with van der Waals surface area (Å²) in [5.74, 6) is 0.779. The van der Waals surface area contributed by atoms with Crippen molar-refractivity contribution < 1.29 is 8.42 Å². The first-order chi connectivity index (χ1) is 9.42. The van der Waals surface area contributed by atoms with Crippen LogP contribution in [0.4, 0.5) is 5.13 Å². The van der Waals surface area contributed by atoms with Gasteiger partial charge < -0.3 is 4.98 Å². The number of anilines is 1. The first kappa shape index (κ1) is 14.7. The van der Waals surface area contributed by atoms with Crippen molar-refractivity contribution in [3.63, 3.8) is 0 Å². The summed E-state index contributed by atoms with van der Waals surface area (Å²) in [5, 5.41) is 7.49. The Morgan fingerprint density at radius 1 is 1.40 bits per heavy atom. The van der Waals surface area contributed by atoms with Gasteiger partial charge in [-0.1, -0.05) is 30.0 Å². The zero-order valence-electron chi connectivity index (χ0n) is 10.0. The smallest absolute Gasteiger partial charge is 0.313 e. The molecule has 0 spiro atoms. The van der Waals surface area contributed by atoms with Crippen LogP contribution in [0.15, 0.2) is 25.0 Å². The van der Waals surface area contributed by atoms with Gasteiger partial charge in [0.05, 0.1) is 0 Å². The standard InChI is InChI=1S/C8H9N5O4S3/c1-2-18-8-12-11-7(19-8)13-20(16,17)4-3-9-6(15)10-5(4)14/h3H,2H2,1H3,(H,11,13)(H2,9,10,14,15). The summed E-state index contributed by atoms with van der Waals surface area (Å²) < 4.78 is 26.7. The van der Waals surface area contributed by atoms with Gasteiger partial charge in [0.2, 0.25) is 5.13 Å². The van der Waals surface area contributed by atoms with Gasteiger partial charge in [0.1, 0.15) is 0 Å². The zero-order valence-corrected chi connectivity index (χ0v) is 12.5. The molecule has 108 valence electrons. The van der Waals surface area contributed by atoms with E-state index in [1.807, 2.05) is 11.9 Å². The third kappa shape index (κ3) is 3.26. The summed E-state index contributed by atoms with van der Waals surface area (Å²) in [7, 11) is -4.13. The Hall–Kier alpha value is -1.66. The molecule has 0 atom stereocenters. The van der Waals surface area contributed by atoms with Crippen LogP contribution in [0.2, 0.25) is 0 Å². The molecule has 0 fully saturated rings. The number of rotatable bonds is 5. The molecule has 2 rings (SSSR count). The number of hydrogen-bond acceptors (Lipinski definition) is 8. The Balaban J connectivity index is 2.30. The van der Waals surface area contributed by atoms with E-state index in [0.717, 1.165) is 23.3 Å². The minimum atomic E-state index is -4.13. The van der Waals surface area contributed by atoms with Crippen molar-refractivity contribution in [3.05, 3.63) is 27.0 Å². The lowest BCUT2D eigenvalue weighted by Crippen LogP contribution is -2.29. The fraction of sp³-hybridized carbons (Fsp3) is 0.250. The molecule has 0 amide bonds. The summed E-state index contributed by atoms with van der Waals surface area (Å²) >= 11 is 2.47. The summed E-state index contributed by atoms with van der Waals surface area (Å²) in [6.45, 7) is 1.93. The minimum absolute atomic E-state index is 0.0477. The summed E-state index contributed by atoms with van der Waals surface area (Å²) in [6.07, 6.45) is 0.826. The van der Waals surface area contributed by atoms with Crippen molar-refractivity contribution in [2.45, 2.75) is 16.2 Å². The normalized spacial score (nSPS) is 11.4. The van der Waals surface area contributed by atoms with Crippen LogP contribution in [0.5, 0.6) is 0 Å². The molecule has 0 bridgehead atoms. The van der Waals surface area contributed by atoms with E-state index >= 15 is 0 Å². The maximum Gasteiger partial charge on any atom is 0.325 e. The molecule has 12 heteroatoms. The van der Waals surface area contributed by atoms with Crippen molar-refractivity contribution in [1.29, 1.82) is 0 Å². The highest BCUT2D eigenvalue weighted by molar-refractivity contribution is 8.01. The molecule has 0 unspecified atom stereocenters. The Morgan fingerprint density at radius 2 is 2.15 bits per heavy atom. The van der Waals surface area contributed by atoms with E-state index in [0.29, 0.717) is 4.34 Å². The van der Waals surface area contributed by atoms with Crippen LogP contribution < -0.4 is 16.0 Å². The van der Waals surface area contributed by atoms with Gasteiger partial charge in [-0.2, -0.15) is 0 Å². The number of aromatic nitrogens is 4. The monoisotopic (exact) mass is 335 g/mol. The summed E-state index contributed by atoms with van der Waals surface area (Å²) in [6, 6.07) is 0. The second-order valence-corrected chi connectivity index (χ2v) is 7.49. The molecule has 3 N–H and O–H groups in total. The average molecular weight is 335 g/mol. The number of sulfonamides is 1. The molecule has 2 aromatic rings. The van der Waals surface area contributed by atoms with Crippen LogP contribution in [0.1, 0.15) is 6.92 Å². The minimum Gasteiger partial charge on any atom is -0.313 e. The lowest BCUT2D eigenvalue weighted by Gasteiger charge is -2.02. The van der Waals surface area contributed by atoms with Crippen molar-refractivity contribution in [2.24, 2.45) is 0 Å². The highest BCUT2D eigenvalue weighted by Crippen LogP contribution is 2.26. The molecule has 0 radical (unpaired) electrons. The van der Waals surface area contributed by atoms with E-state index in [1.54, 1.807) is 0 Å². The zero-order chi connectivity index (χ0) is 14.8. The van der Waals surface area contributed by atoms with Crippen molar-refractivity contribution in [1.82, 2.24) is 20.2 Å². The maximum atomic E-state index is 12.0. The largest absolute Gasteiger partial charge is 0.325 e. The van der Waals surface area contributed by atoms with E-state index in [2.05, 4.69) is 19.9 Å². The summed E-state index contributed by atoms with van der Waals surface area (Å²) in [5.41, 5.74) is -1.79. The van der Waals surface area contributed by atoms with E-state index < -0.39 is 26.2 Å². The fourth-order valence-corrected chi connectivity index (χ4v) is 4.09. The van der Waals surface area contributed by atoms with E-state index in [-0.39, 0.29) is 5.13 Å². The van der Waals surface area contributed by atoms with Crippen LogP contribution in [0.25, 0.3) is 0 Å². The molecule has 2 heterocycles. The lowest BCUT2D eigenvalue weighted by molar-refractivity contribution is 0.599. The predicted molar refractivity (Wildman–Crippen MR) is 74.8 cm³/mol. The molecule has 0 aliphatic heterocycles. The molecule has 0 aliphatic carbocycles. The Morgan fingerprint density at radius 3 is 2.80 bits per heavy atom. The molecule has 0 saturated carbocycles. The number of aromatic amines is 2. The first-order valence-corrected chi connectivity index (χ1v) is 8.52. The summed E-state index contributed by atoms with van der Waals surface area (Å²) in [4.78, 5) is 25.6. The SMILES string of the molecule is CCSc1nnc(NS(=O)(=O)c2c[nH]c(=O)[nH]c2=O)s1. The molecule has 0 saturated heterocycles. The number of thioether (sulfide) groups is 1. The van der Waals surface area contributed by atoms with Gasteiger partial charge in [-0.25, -0.2) is 13.2 Å². The van der Waals surface area contributed by atoms with Gasteiger partial charge in [-0.05, 0) is 5.75 Å². The molecule has 2 aromatic heterocycles. The van der Waals surface area contributed by atoms with Crippen LogP contribution in [-0.2, 0) is 10.0 Å². The Labute approximate surface area is 120 Å². The number of nitrogens with zero attached hydrogens (tertiary/aromatic N) is 2. The lowest BCUT2D eigenvalue weighted by atomic mass is 10.7. The highest BCUT2D eigenvalue weighted by atomic mass is 32.2. The molecule has 20 heavy (non-hydrogen) atoms. The van der Waals surface area contributed by atoms with Gasteiger partial charge in [-0.15, -0.1) is 10.2 Å². The molecule has 9 nitrogen and oxygen atoms in total. The van der Waals surface area contributed by atoms with Crippen LogP contribution in [0.3, 0.4) is 0 Å². The maximum absolute atomic E-state index is 12.0. The van der Waals surface area contributed by atoms with E-state index in [1.165, 1.54) is 11.8 Å². The van der Waals surface area contributed by atoms with Crippen molar-refractivity contribution in [2.75, 3.05) is 10.5 Å². The molecular formula is C8H9N5O4S3. The van der Waals surface area contributed by atoms with Crippen molar-refractivity contribution >= 4 is 38.3 Å². The van der Waals surface area contributed by atoms with Gasteiger partial charge in [0.15, 0.2) is 9.24 Å². The van der Waals surface area contributed by atoms with Gasteiger partial charge in [-0.3, -0.25) is 14.5 Å². The number of hydrogen-bond donors (Lipinski definition) is 3. The number of H-pyrrole nitrogens is 2. The Kier molecular flexibility index (Phi) is 4.25. The van der Waals surface area contributed by atoms with Gasteiger partial charge >= 0.3 is 5.69 Å². The van der Waals surface area contributed by atoms with Crippen LogP contribution in [-0.4, -0.2) is 34.3 Å². The molecule has 0 aromatic carbocycles. The van der Waals surface area contributed by atoms with Gasteiger partial charge in [0, 0.05) is 6.20 Å². The third-order valence-corrected chi connectivity index (χ3v) is 5.30. The second-order valence-electron chi connectivity index (χ2n) is 3.35. The van der Waals surface area contributed by atoms with Crippen molar-refractivity contribution in [3.8, 4) is 0 Å². The van der Waals surface area contributed by atoms with Crippen LogP contribution >= 0.6 is 23.1 Å². The topological polar surface area (TPSA) is 138 Å². The second kappa shape index (κ2) is 5.76. The molecular weight excluding hydrogens is 326 g/mol. The highest BCUT2D eigenvalue weighted by Gasteiger charge is 2.20. The Bertz CT molecular complexity index is 821. The number of nitrogens with one attached hydrogen (secondary N) is 3. The molecule has 0 aliphatic rings. The van der Waals surface area contributed by atoms with Gasteiger partial charge in [0.25, 0.3) is 15.6 Å². The van der Waals surface area contributed by atoms with Crippen LogP contribution in [0, 0.1) is 0 Å². The fourth-order valence-electron chi connectivity index (χ4n) is 1.20. The first-order valence-electron chi connectivity index (χ1n) is 5.23. The predicted octanol–water partition coefficient (Wildman–Crippen LogP) is -0.173. The van der Waals surface area contributed by atoms with E-state index in [9.17, 15) is 18.0 Å². The third-order valence-electron chi connectivity index (χ3n) is 1.97. The average Bonchev–Trinajstić information content (AvgIpc) is 2.75. The van der Waals surface area contributed by atoms with E-state index in [4.69, 9.17) is 0 Å². The quantitative estimate of drug-likeness (QED) is 0.645.